The number of ether oxygens (including phenoxy) is 1. The van der Waals surface area contributed by atoms with Crippen molar-refractivity contribution in [2.24, 2.45) is 0 Å². The number of fused-ring (bicyclic) bond motifs is 1. The molecule has 2 aliphatic rings. The fourth-order valence-corrected chi connectivity index (χ4v) is 5.24. The van der Waals surface area contributed by atoms with Gasteiger partial charge in [-0.1, -0.05) is 79.2 Å². The highest BCUT2D eigenvalue weighted by Crippen LogP contribution is 2.49. The Bertz CT molecular complexity index is 1450. The highest BCUT2D eigenvalue weighted by Gasteiger charge is 2.39. The summed E-state index contributed by atoms with van der Waals surface area (Å²) in [7, 11) is 0. The number of benzene rings is 3. The Morgan fingerprint density at radius 3 is 2.36 bits per heavy atom. The van der Waals surface area contributed by atoms with E-state index in [0.717, 1.165) is 28.7 Å². The summed E-state index contributed by atoms with van der Waals surface area (Å²) in [5.41, 5.74) is 4.99. The van der Waals surface area contributed by atoms with Crippen LogP contribution in [0, 0.1) is 0 Å². The van der Waals surface area contributed by atoms with Crippen LogP contribution in [0.5, 0.6) is 0 Å². The van der Waals surface area contributed by atoms with Crippen molar-refractivity contribution in [2.45, 2.75) is 24.1 Å². The Balaban J connectivity index is 1.38. The number of carbonyl (C=O) groups is 2. The third-order valence-corrected chi connectivity index (χ3v) is 7.61. The van der Waals surface area contributed by atoms with Gasteiger partial charge in [-0.15, -0.1) is 11.6 Å². The maximum Gasteiger partial charge on any atom is 0.343 e. The van der Waals surface area contributed by atoms with Crippen LogP contribution >= 0.6 is 23.2 Å². The number of carboxylic acid groups (broad SMARTS) is 1. The average molecular weight is 517 g/mol. The monoisotopic (exact) mass is 516 g/mol. The fraction of sp³-hybridized carbons (Fsp3) is 0.133. The topological polar surface area (TPSA) is 63.6 Å². The van der Waals surface area contributed by atoms with Crippen LogP contribution in [-0.2, 0) is 10.2 Å². The molecule has 3 aromatic rings. The van der Waals surface area contributed by atoms with Crippen LogP contribution in [0.2, 0.25) is 0 Å². The molecule has 0 fully saturated rings. The van der Waals surface area contributed by atoms with Crippen molar-refractivity contribution in [3.63, 3.8) is 0 Å². The molecule has 36 heavy (non-hydrogen) atoms. The van der Waals surface area contributed by atoms with Crippen molar-refractivity contribution in [1.82, 2.24) is 0 Å². The van der Waals surface area contributed by atoms with E-state index in [-0.39, 0.29) is 21.8 Å². The minimum absolute atomic E-state index is 0.195. The van der Waals surface area contributed by atoms with Crippen LogP contribution in [-0.4, -0.2) is 22.4 Å². The molecule has 0 saturated carbocycles. The van der Waals surface area contributed by atoms with Gasteiger partial charge in [0.1, 0.15) is 5.76 Å². The first-order valence-electron chi connectivity index (χ1n) is 11.4. The van der Waals surface area contributed by atoms with Gasteiger partial charge >= 0.3 is 11.9 Å². The molecule has 2 atom stereocenters. The van der Waals surface area contributed by atoms with Crippen molar-refractivity contribution < 1.29 is 19.4 Å². The molecule has 180 valence electrons. The van der Waals surface area contributed by atoms with Crippen LogP contribution < -0.4 is 0 Å². The number of halogens is 2. The number of esters is 1. The highest BCUT2D eigenvalue weighted by atomic mass is 35.5. The minimum atomic E-state index is -0.993. The van der Waals surface area contributed by atoms with Gasteiger partial charge in [-0.05, 0) is 64.6 Å². The molecule has 4 nitrogen and oxygen atoms in total. The molecule has 2 unspecified atom stereocenters. The van der Waals surface area contributed by atoms with Gasteiger partial charge in [0, 0.05) is 5.41 Å². The zero-order chi connectivity index (χ0) is 25.4. The van der Waals surface area contributed by atoms with E-state index >= 15 is 0 Å². The lowest BCUT2D eigenvalue weighted by atomic mass is 9.81. The average Bonchev–Trinajstić information content (AvgIpc) is 3.25. The molecule has 0 saturated heterocycles. The van der Waals surface area contributed by atoms with E-state index in [1.807, 2.05) is 30.3 Å². The summed E-state index contributed by atoms with van der Waals surface area (Å²) in [6.07, 6.45) is 4.70. The molecule has 0 aliphatic heterocycles. The van der Waals surface area contributed by atoms with E-state index in [4.69, 9.17) is 33.0 Å². The molecule has 0 aromatic heterocycles. The Hall–Kier alpha value is -3.60. The Labute approximate surface area is 219 Å². The Kier molecular flexibility index (Phi) is 6.33. The van der Waals surface area contributed by atoms with Crippen LogP contribution in [0.3, 0.4) is 0 Å². The normalized spacial score (nSPS) is 20.9. The van der Waals surface area contributed by atoms with Crippen molar-refractivity contribution >= 4 is 35.1 Å². The summed E-state index contributed by atoms with van der Waals surface area (Å²) >= 11 is 13.3. The third kappa shape index (κ3) is 4.50. The molecular weight excluding hydrogens is 495 g/mol. The number of hydrogen-bond donors (Lipinski definition) is 1. The Morgan fingerprint density at radius 2 is 1.67 bits per heavy atom. The van der Waals surface area contributed by atoms with Crippen LogP contribution in [0.4, 0.5) is 0 Å². The Morgan fingerprint density at radius 1 is 0.944 bits per heavy atom. The third-order valence-electron chi connectivity index (χ3n) is 6.64. The highest BCUT2D eigenvalue weighted by molar-refractivity contribution is 6.39. The summed E-state index contributed by atoms with van der Waals surface area (Å²) in [6, 6.07) is 23.6. The second-order valence-electron chi connectivity index (χ2n) is 9.16. The quantitative estimate of drug-likeness (QED) is 0.281. The molecule has 5 rings (SSSR count). The summed E-state index contributed by atoms with van der Waals surface area (Å²) in [6.45, 7) is 2.16. The fourth-order valence-electron chi connectivity index (χ4n) is 4.72. The SMILES string of the molecule is CC1(c2ccccc2)C=C2C(=CC(OC(=O)c3cccc(-c4ccc(C(=O)O)cc4)c3)=C(Cl)C2Cl)C1. The number of hydrogen-bond acceptors (Lipinski definition) is 3. The number of carboxylic acids is 1. The predicted octanol–water partition coefficient (Wildman–Crippen LogP) is 7.49. The number of allylic oxidation sites excluding steroid dienone is 5. The molecule has 0 heterocycles. The first kappa shape index (κ1) is 24.1. The van der Waals surface area contributed by atoms with Crippen molar-refractivity contribution in [3.8, 4) is 11.1 Å². The van der Waals surface area contributed by atoms with E-state index in [1.165, 1.54) is 17.7 Å². The van der Waals surface area contributed by atoms with Gasteiger partial charge in [-0.2, -0.15) is 0 Å². The number of aromatic carboxylic acids is 1. The van der Waals surface area contributed by atoms with Gasteiger partial charge in [-0.3, -0.25) is 0 Å². The van der Waals surface area contributed by atoms with Gasteiger partial charge in [0.2, 0.25) is 0 Å². The van der Waals surface area contributed by atoms with E-state index in [2.05, 4.69) is 25.1 Å². The summed E-state index contributed by atoms with van der Waals surface area (Å²) in [5, 5.41) is 8.79. The van der Waals surface area contributed by atoms with Crippen molar-refractivity contribution in [1.29, 1.82) is 0 Å². The summed E-state index contributed by atoms with van der Waals surface area (Å²) in [4.78, 5) is 24.2. The van der Waals surface area contributed by atoms with Gasteiger partial charge < -0.3 is 9.84 Å². The number of alkyl halides is 1. The van der Waals surface area contributed by atoms with Crippen LogP contribution in [0.15, 0.2) is 113 Å². The lowest BCUT2D eigenvalue weighted by Crippen LogP contribution is -2.16. The molecule has 0 spiro atoms. The molecular formula is C30H22Cl2O4. The lowest BCUT2D eigenvalue weighted by molar-refractivity contribution is 0.0632. The van der Waals surface area contributed by atoms with Crippen molar-refractivity contribution in [2.75, 3.05) is 0 Å². The number of rotatable bonds is 5. The molecule has 0 radical (unpaired) electrons. The molecule has 3 aromatic carbocycles. The minimum Gasteiger partial charge on any atom is -0.478 e. The molecule has 1 N–H and O–H groups in total. The second kappa shape index (κ2) is 9.45. The summed E-state index contributed by atoms with van der Waals surface area (Å²) < 4.78 is 5.73. The van der Waals surface area contributed by atoms with Gasteiger partial charge in [-0.25, -0.2) is 9.59 Å². The maximum absolute atomic E-state index is 13.1. The zero-order valence-corrected chi connectivity index (χ0v) is 20.9. The first-order valence-corrected chi connectivity index (χ1v) is 12.3. The van der Waals surface area contributed by atoms with Crippen LogP contribution in [0.25, 0.3) is 11.1 Å². The van der Waals surface area contributed by atoms with E-state index in [1.54, 1.807) is 30.3 Å². The van der Waals surface area contributed by atoms with E-state index in [9.17, 15) is 9.59 Å². The number of carbonyl (C=O) groups excluding carboxylic acids is 1. The molecule has 2 aliphatic carbocycles. The van der Waals surface area contributed by atoms with E-state index in [0.29, 0.717) is 5.56 Å². The summed E-state index contributed by atoms with van der Waals surface area (Å²) in [5.74, 6) is -1.29. The predicted molar refractivity (Wildman–Crippen MR) is 141 cm³/mol. The molecule has 6 heteroatoms. The van der Waals surface area contributed by atoms with Gasteiger partial charge in [0.15, 0.2) is 0 Å². The zero-order valence-electron chi connectivity index (χ0n) is 19.4. The molecule has 0 amide bonds. The molecule has 0 bridgehead atoms. The smallest absolute Gasteiger partial charge is 0.343 e. The standard InChI is InChI=1S/C30H22Cl2O4/c1-30(23-8-3-2-4-9-23)16-22-15-25(27(32)26(31)24(22)17-30)36-29(35)21-7-5-6-20(14-21)18-10-12-19(13-11-18)28(33)34/h2-15,17,26H,16H2,1H3,(H,33,34). The maximum atomic E-state index is 13.1. The second-order valence-corrected chi connectivity index (χ2v) is 10.0. The largest absolute Gasteiger partial charge is 0.478 e. The van der Waals surface area contributed by atoms with Gasteiger partial charge in [0.25, 0.3) is 0 Å². The lowest BCUT2D eigenvalue weighted by Gasteiger charge is -2.23. The first-order chi connectivity index (χ1) is 17.2. The van der Waals surface area contributed by atoms with Gasteiger partial charge in [0.05, 0.1) is 21.5 Å². The van der Waals surface area contributed by atoms with E-state index < -0.39 is 17.3 Å². The van der Waals surface area contributed by atoms with Crippen molar-refractivity contribution in [3.05, 3.63) is 130 Å². The van der Waals surface area contributed by atoms with Crippen LogP contribution in [0.1, 0.15) is 39.6 Å².